The maximum atomic E-state index is 11.1. The van der Waals surface area contributed by atoms with E-state index in [1.807, 2.05) is 38.1 Å². The molecule has 0 saturated heterocycles. The van der Waals surface area contributed by atoms with Crippen molar-refractivity contribution in [1.82, 2.24) is 0 Å². The first-order valence-electron chi connectivity index (χ1n) is 11.3. The molecule has 1 aliphatic heterocycles. The van der Waals surface area contributed by atoms with E-state index in [2.05, 4.69) is 26.8 Å². The van der Waals surface area contributed by atoms with Gasteiger partial charge in [-0.05, 0) is 47.7 Å². The van der Waals surface area contributed by atoms with Crippen molar-refractivity contribution >= 4 is 17.8 Å². The zero-order chi connectivity index (χ0) is 24.2. The summed E-state index contributed by atoms with van der Waals surface area (Å²) in [4.78, 5) is 11.1. The Kier molecular flexibility index (Phi) is 7.68. The number of hydrogen-bond donors (Lipinski definition) is 1. The largest absolute Gasteiger partial charge is 0.509 e. The molecule has 1 N–H and O–H groups in total. The van der Waals surface area contributed by atoms with E-state index in [9.17, 15) is 4.79 Å². The molecule has 2 aromatic carbocycles. The van der Waals surface area contributed by atoms with Crippen LogP contribution in [0.4, 0.5) is 4.79 Å². The Bertz CT molecular complexity index is 981. The summed E-state index contributed by atoms with van der Waals surface area (Å²) < 4.78 is 22.7. The highest BCUT2D eigenvalue weighted by molar-refractivity contribution is 6.32. The highest BCUT2D eigenvalue weighted by atomic mass is 35.5. The molecule has 0 aliphatic carbocycles. The van der Waals surface area contributed by atoms with Crippen molar-refractivity contribution in [3.8, 4) is 17.2 Å². The molecule has 33 heavy (non-hydrogen) atoms. The van der Waals surface area contributed by atoms with Gasteiger partial charge in [-0.2, -0.15) is 0 Å². The van der Waals surface area contributed by atoms with Gasteiger partial charge in [0.25, 0.3) is 5.79 Å². The molecule has 0 amide bonds. The molecule has 0 bridgehead atoms. The molecule has 1 atom stereocenters. The van der Waals surface area contributed by atoms with Crippen LogP contribution in [0.1, 0.15) is 52.2 Å². The summed E-state index contributed by atoms with van der Waals surface area (Å²) in [7, 11) is 0. The lowest BCUT2D eigenvalue weighted by atomic mass is 9.88. The summed E-state index contributed by atoms with van der Waals surface area (Å²) in [6.07, 6.45) is 0.631. The van der Waals surface area contributed by atoms with Crippen molar-refractivity contribution in [3.63, 3.8) is 0 Å². The number of rotatable bonds is 9. The Morgan fingerprint density at radius 2 is 1.88 bits per heavy atom. The Balaban J connectivity index is 1.48. The average Bonchev–Trinajstić information content (AvgIpc) is 3.06. The summed E-state index contributed by atoms with van der Waals surface area (Å²) in [5, 5.41) is 9.72. The second-order valence-corrected chi connectivity index (χ2v) is 10.3. The Morgan fingerprint density at radius 3 is 2.52 bits per heavy atom. The molecule has 2 aromatic rings. The molecular weight excluding hydrogens is 444 g/mol. The Morgan fingerprint density at radius 1 is 1.15 bits per heavy atom. The SMILES string of the molecule is CC(C)[C@]1(OC(=O)O)Cc2cc(OCCCOc3ccc(CC(C)(C)C)cc3Cl)ccc2O1. The molecule has 0 radical (unpaired) electrons. The molecule has 0 unspecified atom stereocenters. The van der Waals surface area contributed by atoms with E-state index in [-0.39, 0.29) is 11.3 Å². The maximum Gasteiger partial charge on any atom is 0.509 e. The number of halogens is 1. The summed E-state index contributed by atoms with van der Waals surface area (Å²) in [6, 6.07) is 11.4. The molecule has 0 aromatic heterocycles. The van der Waals surface area contributed by atoms with E-state index >= 15 is 0 Å². The lowest BCUT2D eigenvalue weighted by Gasteiger charge is -2.30. The highest BCUT2D eigenvalue weighted by Crippen LogP contribution is 2.41. The number of ether oxygens (including phenoxy) is 4. The van der Waals surface area contributed by atoms with Gasteiger partial charge in [0, 0.05) is 17.9 Å². The van der Waals surface area contributed by atoms with Crippen LogP contribution in [0.15, 0.2) is 36.4 Å². The van der Waals surface area contributed by atoms with Crippen LogP contribution in [0.5, 0.6) is 17.2 Å². The van der Waals surface area contributed by atoms with Crippen molar-refractivity contribution < 1.29 is 28.8 Å². The first-order chi connectivity index (χ1) is 15.5. The first-order valence-corrected chi connectivity index (χ1v) is 11.6. The fraction of sp³-hybridized carbons (Fsp3) is 0.500. The van der Waals surface area contributed by atoms with Gasteiger partial charge in [-0.1, -0.05) is 52.3 Å². The minimum Gasteiger partial charge on any atom is -0.493 e. The number of benzene rings is 2. The molecule has 0 saturated carbocycles. The highest BCUT2D eigenvalue weighted by Gasteiger charge is 2.46. The molecular formula is C26H33ClO6. The third-order valence-corrected chi connectivity index (χ3v) is 5.73. The van der Waals surface area contributed by atoms with Crippen molar-refractivity contribution in [2.24, 2.45) is 11.3 Å². The lowest BCUT2D eigenvalue weighted by Crippen LogP contribution is -2.44. The summed E-state index contributed by atoms with van der Waals surface area (Å²) in [6.45, 7) is 11.3. The van der Waals surface area contributed by atoms with Crippen LogP contribution >= 0.6 is 11.6 Å². The van der Waals surface area contributed by atoms with Gasteiger partial charge in [0.15, 0.2) is 0 Å². The summed E-state index contributed by atoms with van der Waals surface area (Å²) in [5.41, 5.74) is 2.26. The van der Waals surface area contributed by atoms with Crippen LogP contribution in [0, 0.1) is 11.3 Å². The van der Waals surface area contributed by atoms with Crippen molar-refractivity contribution in [2.45, 2.75) is 59.7 Å². The normalized spacial score (nSPS) is 17.4. The van der Waals surface area contributed by atoms with Crippen molar-refractivity contribution in [3.05, 3.63) is 52.5 Å². The van der Waals surface area contributed by atoms with Gasteiger partial charge < -0.3 is 24.1 Å². The number of carboxylic acid groups (broad SMARTS) is 1. The topological polar surface area (TPSA) is 74.2 Å². The van der Waals surface area contributed by atoms with E-state index in [0.29, 0.717) is 48.3 Å². The van der Waals surface area contributed by atoms with Crippen LogP contribution in [0.2, 0.25) is 5.02 Å². The molecule has 0 spiro atoms. The lowest BCUT2D eigenvalue weighted by molar-refractivity contribution is -0.167. The van der Waals surface area contributed by atoms with Gasteiger partial charge in [-0.15, -0.1) is 0 Å². The van der Waals surface area contributed by atoms with Crippen LogP contribution in [-0.2, 0) is 17.6 Å². The minimum absolute atomic E-state index is 0.142. The van der Waals surface area contributed by atoms with Crippen LogP contribution < -0.4 is 14.2 Å². The smallest absolute Gasteiger partial charge is 0.493 e. The van der Waals surface area contributed by atoms with E-state index in [1.165, 1.54) is 5.56 Å². The second-order valence-electron chi connectivity index (χ2n) is 9.94. The Labute approximate surface area is 200 Å². The van der Waals surface area contributed by atoms with Crippen LogP contribution in [0.3, 0.4) is 0 Å². The monoisotopic (exact) mass is 476 g/mol. The maximum absolute atomic E-state index is 11.1. The molecule has 180 valence electrons. The van der Waals surface area contributed by atoms with Gasteiger partial charge in [0.2, 0.25) is 0 Å². The number of fused-ring (bicyclic) bond motifs is 1. The van der Waals surface area contributed by atoms with Gasteiger partial charge in [-0.25, -0.2) is 4.79 Å². The van der Waals surface area contributed by atoms with Gasteiger partial charge >= 0.3 is 6.16 Å². The van der Waals surface area contributed by atoms with E-state index in [0.717, 1.165) is 12.0 Å². The van der Waals surface area contributed by atoms with E-state index < -0.39 is 11.9 Å². The predicted molar refractivity (Wildman–Crippen MR) is 128 cm³/mol. The van der Waals surface area contributed by atoms with Gasteiger partial charge in [0.05, 0.1) is 24.7 Å². The Hall–Kier alpha value is -2.60. The average molecular weight is 477 g/mol. The van der Waals surface area contributed by atoms with Crippen molar-refractivity contribution in [1.29, 1.82) is 0 Å². The van der Waals surface area contributed by atoms with Crippen molar-refractivity contribution in [2.75, 3.05) is 13.2 Å². The van der Waals surface area contributed by atoms with Crippen LogP contribution in [0.25, 0.3) is 0 Å². The van der Waals surface area contributed by atoms with Gasteiger partial charge in [-0.3, -0.25) is 0 Å². The minimum atomic E-state index is -1.35. The molecule has 1 heterocycles. The number of carbonyl (C=O) groups is 1. The molecule has 0 fully saturated rings. The van der Waals surface area contributed by atoms with E-state index in [4.69, 9.17) is 35.7 Å². The quantitative estimate of drug-likeness (QED) is 0.318. The summed E-state index contributed by atoms with van der Waals surface area (Å²) >= 11 is 6.38. The zero-order valence-corrected chi connectivity index (χ0v) is 20.7. The third-order valence-electron chi connectivity index (χ3n) is 5.44. The fourth-order valence-electron chi connectivity index (χ4n) is 3.83. The third kappa shape index (κ3) is 6.70. The van der Waals surface area contributed by atoms with Crippen LogP contribution in [-0.4, -0.2) is 30.3 Å². The first kappa shape index (κ1) is 25.0. The molecule has 7 heteroatoms. The molecule has 6 nitrogen and oxygen atoms in total. The summed E-state index contributed by atoms with van der Waals surface area (Å²) in [5.74, 6) is 0.633. The van der Waals surface area contributed by atoms with Gasteiger partial charge in [0.1, 0.15) is 17.2 Å². The molecule has 3 rings (SSSR count). The fourth-order valence-corrected chi connectivity index (χ4v) is 4.09. The second kappa shape index (κ2) is 10.1. The van der Waals surface area contributed by atoms with E-state index in [1.54, 1.807) is 6.07 Å². The standard InChI is InChI=1S/C26H33ClO6/c1-17(2)26(33-24(28)29)16-19-14-20(8-10-22(19)32-26)30-11-6-12-31-23-9-7-18(13-21(23)27)15-25(3,4)5/h7-10,13-14,17H,6,11-12,15-16H2,1-5H3,(H,28,29)/t26-/m1/s1. The number of hydrogen-bond acceptors (Lipinski definition) is 5. The zero-order valence-electron chi connectivity index (χ0n) is 19.9. The molecule has 1 aliphatic rings. The predicted octanol–water partition coefficient (Wildman–Crippen LogP) is 6.76.